The standard InChI is InChI=1S/C18H25N5OS/c1-13-5-4-6-15(14(13)2)23-17(20-16(21-23)7-10-25-3)11-22-9-8-19-18(24)12-22/h4-6H,7-12H2,1-3H3,(H,19,24). The van der Waals surface area contributed by atoms with Crippen LogP contribution in [0, 0.1) is 13.8 Å². The number of carbonyl (C=O) groups excluding carboxylic acids is 1. The molecule has 1 aliphatic heterocycles. The van der Waals surface area contributed by atoms with Gasteiger partial charge in [-0.3, -0.25) is 9.69 Å². The van der Waals surface area contributed by atoms with Gasteiger partial charge in [-0.05, 0) is 37.3 Å². The maximum absolute atomic E-state index is 11.7. The molecule has 2 heterocycles. The molecule has 25 heavy (non-hydrogen) atoms. The van der Waals surface area contributed by atoms with Gasteiger partial charge in [0, 0.05) is 25.3 Å². The monoisotopic (exact) mass is 359 g/mol. The first kappa shape index (κ1) is 17.9. The van der Waals surface area contributed by atoms with E-state index in [0.717, 1.165) is 36.1 Å². The topological polar surface area (TPSA) is 63.1 Å². The Morgan fingerprint density at radius 2 is 2.16 bits per heavy atom. The number of amides is 1. The molecule has 1 amide bonds. The maximum atomic E-state index is 11.7. The van der Waals surface area contributed by atoms with Gasteiger partial charge >= 0.3 is 0 Å². The van der Waals surface area contributed by atoms with E-state index in [-0.39, 0.29) is 5.91 Å². The molecule has 1 aliphatic rings. The molecule has 2 aromatic rings. The van der Waals surface area contributed by atoms with Gasteiger partial charge in [-0.2, -0.15) is 16.9 Å². The van der Waals surface area contributed by atoms with Crippen LogP contribution in [-0.2, 0) is 17.8 Å². The largest absolute Gasteiger partial charge is 0.354 e. The summed E-state index contributed by atoms with van der Waals surface area (Å²) in [6.07, 6.45) is 2.95. The van der Waals surface area contributed by atoms with Crippen molar-refractivity contribution in [1.29, 1.82) is 0 Å². The number of rotatable bonds is 6. The number of nitrogens with one attached hydrogen (secondary N) is 1. The number of aryl methyl sites for hydroxylation is 2. The Labute approximate surface area is 153 Å². The number of hydrogen-bond donors (Lipinski definition) is 1. The van der Waals surface area contributed by atoms with Gasteiger partial charge in [0.2, 0.25) is 5.91 Å². The van der Waals surface area contributed by atoms with Crippen molar-refractivity contribution in [3.05, 3.63) is 41.0 Å². The Morgan fingerprint density at radius 3 is 2.92 bits per heavy atom. The minimum Gasteiger partial charge on any atom is -0.354 e. The van der Waals surface area contributed by atoms with E-state index in [0.29, 0.717) is 19.6 Å². The molecule has 0 saturated carbocycles. The number of piperazine rings is 1. The van der Waals surface area contributed by atoms with Crippen LogP contribution in [0.4, 0.5) is 0 Å². The minimum atomic E-state index is 0.0756. The van der Waals surface area contributed by atoms with E-state index in [1.165, 1.54) is 11.1 Å². The highest BCUT2D eigenvalue weighted by molar-refractivity contribution is 7.98. The van der Waals surface area contributed by atoms with Crippen molar-refractivity contribution in [3.8, 4) is 5.69 Å². The molecule has 1 saturated heterocycles. The summed E-state index contributed by atoms with van der Waals surface area (Å²) in [5.41, 5.74) is 3.52. The summed E-state index contributed by atoms with van der Waals surface area (Å²) in [5.74, 6) is 2.85. The summed E-state index contributed by atoms with van der Waals surface area (Å²) in [6, 6.07) is 6.25. The molecule has 134 valence electrons. The van der Waals surface area contributed by atoms with E-state index in [4.69, 9.17) is 10.1 Å². The summed E-state index contributed by atoms with van der Waals surface area (Å²) >= 11 is 1.80. The zero-order valence-electron chi connectivity index (χ0n) is 15.1. The molecule has 0 unspecified atom stereocenters. The zero-order chi connectivity index (χ0) is 17.8. The maximum Gasteiger partial charge on any atom is 0.234 e. The molecule has 0 atom stereocenters. The molecular formula is C18H25N5OS. The number of aromatic nitrogens is 3. The van der Waals surface area contributed by atoms with E-state index in [1.54, 1.807) is 11.8 Å². The average molecular weight is 359 g/mol. The van der Waals surface area contributed by atoms with Crippen LogP contribution in [0.2, 0.25) is 0 Å². The Hall–Kier alpha value is -1.86. The molecule has 1 aromatic carbocycles. The summed E-state index contributed by atoms with van der Waals surface area (Å²) in [5, 5.41) is 7.64. The first-order valence-electron chi connectivity index (χ1n) is 8.58. The van der Waals surface area contributed by atoms with Crippen molar-refractivity contribution in [2.75, 3.05) is 31.6 Å². The number of carbonyl (C=O) groups is 1. The lowest BCUT2D eigenvalue weighted by molar-refractivity contribution is -0.124. The average Bonchev–Trinajstić information content (AvgIpc) is 2.98. The predicted molar refractivity (Wildman–Crippen MR) is 101 cm³/mol. The van der Waals surface area contributed by atoms with Crippen LogP contribution < -0.4 is 5.32 Å². The van der Waals surface area contributed by atoms with Crippen molar-refractivity contribution >= 4 is 17.7 Å². The van der Waals surface area contributed by atoms with Crippen molar-refractivity contribution in [1.82, 2.24) is 25.0 Å². The van der Waals surface area contributed by atoms with Crippen LogP contribution >= 0.6 is 11.8 Å². The molecule has 3 rings (SSSR count). The summed E-state index contributed by atoms with van der Waals surface area (Å²) < 4.78 is 1.96. The fourth-order valence-corrected chi connectivity index (χ4v) is 3.36. The predicted octanol–water partition coefficient (Wildman–Crippen LogP) is 1.72. The van der Waals surface area contributed by atoms with Crippen LogP contribution in [0.25, 0.3) is 5.69 Å². The Bertz CT molecular complexity index is 758. The van der Waals surface area contributed by atoms with Gasteiger partial charge in [-0.1, -0.05) is 12.1 Å². The lowest BCUT2D eigenvalue weighted by Gasteiger charge is -2.26. The van der Waals surface area contributed by atoms with Crippen molar-refractivity contribution < 1.29 is 4.79 Å². The summed E-state index contributed by atoms with van der Waals surface area (Å²) in [6.45, 7) is 6.80. The first-order chi connectivity index (χ1) is 12.1. The number of benzene rings is 1. The van der Waals surface area contributed by atoms with Crippen molar-refractivity contribution in [2.24, 2.45) is 0 Å². The van der Waals surface area contributed by atoms with Crippen LogP contribution in [0.3, 0.4) is 0 Å². The molecule has 1 aromatic heterocycles. The smallest absolute Gasteiger partial charge is 0.234 e. The molecule has 0 aliphatic carbocycles. The van der Waals surface area contributed by atoms with E-state index < -0.39 is 0 Å². The molecule has 0 spiro atoms. The van der Waals surface area contributed by atoms with Gasteiger partial charge in [-0.25, -0.2) is 9.67 Å². The van der Waals surface area contributed by atoms with Gasteiger partial charge in [0.15, 0.2) is 5.82 Å². The van der Waals surface area contributed by atoms with Gasteiger partial charge in [-0.15, -0.1) is 0 Å². The highest BCUT2D eigenvalue weighted by Gasteiger charge is 2.21. The third-order valence-electron chi connectivity index (χ3n) is 4.53. The van der Waals surface area contributed by atoms with Gasteiger partial charge in [0.1, 0.15) is 5.82 Å². The second kappa shape index (κ2) is 8.01. The molecule has 0 bridgehead atoms. The second-order valence-corrected chi connectivity index (χ2v) is 7.36. The third-order valence-corrected chi connectivity index (χ3v) is 5.15. The normalized spacial score (nSPS) is 15.4. The molecule has 6 nitrogen and oxygen atoms in total. The van der Waals surface area contributed by atoms with Crippen LogP contribution in [0.1, 0.15) is 22.8 Å². The lowest BCUT2D eigenvalue weighted by atomic mass is 10.1. The summed E-state index contributed by atoms with van der Waals surface area (Å²) in [7, 11) is 0. The highest BCUT2D eigenvalue weighted by atomic mass is 32.2. The van der Waals surface area contributed by atoms with Crippen molar-refractivity contribution in [3.63, 3.8) is 0 Å². The van der Waals surface area contributed by atoms with E-state index in [2.05, 4.69) is 48.5 Å². The molecule has 1 fully saturated rings. The van der Waals surface area contributed by atoms with E-state index in [1.807, 2.05) is 4.68 Å². The zero-order valence-corrected chi connectivity index (χ0v) is 15.9. The van der Waals surface area contributed by atoms with Crippen molar-refractivity contribution in [2.45, 2.75) is 26.8 Å². The fraction of sp³-hybridized carbons (Fsp3) is 0.500. The van der Waals surface area contributed by atoms with Gasteiger partial charge in [0.05, 0.1) is 18.8 Å². The van der Waals surface area contributed by atoms with Crippen LogP contribution in [0.15, 0.2) is 18.2 Å². The number of thioether (sulfide) groups is 1. The third kappa shape index (κ3) is 4.22. The second-order valence-electron chi connectivity index (χ2n) is 6.38. The Kier molecular flexibility index (Phi) is 5.75. The van der Waals surface area contributed by atoms with Crippen LogP contribution in [-0.4, -0.2) is 57.2 Å². The van der Waals surface area contributed by atoms with E-state index >= 15 is 0 Å². The molecule has 7 heteroatoms. The lowest BCUT2D eigenvalue weighted by Crippen LogP contribution is -2.47. The highest BCUT2D eigenvalue weighted by Crippen LogP contribution is 2.19. The Balaban J connectivity index is 1.93. The first-order valence-corrected chi connectivity index (χ1v) is 9.97. The molecule has 1 N–H and O–H groups in total. The summed E-state index contributed by atoms with van der Waals surface area (Å²) in [4.78, 5) is 18.6. The molecular weight excluding hydrogens is 334 g/mol. The Morgan fingerprint density at radius 1 is 1.32 bits per heavy atom. The molecule has 0 radical (unpaired) electrons. The fourth-order valence-electron chi connectivity index (χ4n) is 2.98. The van der Waals surface area contributed by atoms with Gasteiger partial charge < -0.3 is 5.32 Å². The minimum absolute atomic E-state index is 0.0756. The van der Waals surface area contributed by atoms with E-state index in [9.17, 15) is 4.79 Å². The quantitative estimate of drug-likeness (QED) is 0.851. The SMILES string of the molecule is CSCCc1nc(CN2CCNC(=O)C2)n(-c2cccc(C)c2C)n1. The number of hydrogen-bond acceptors (Lipinski definition) is 5. The van der Waals surface area contributed by atoms with Crippen LogP contribution in [0.5, 0.6) is 0 Å². The number of nitrogens with zero attached hydrogens (tertiary/aromatic N) is 4. The van der Waals surface area contributed by atoms with Gasteiger partial charge in [0.25, 0.3) is 0 Å².